The summed E-state index contributed by atoms with van der Waals surface area (Å²) >= 11 is 1.28. The van der Waals surface area contributed by atoms with Crippen LogP contribution in [0, 0.1) is 0 Å². The van der Waals surface area contributed by atoms with E-state index in [1.165, 1.54) is 11.3 Å². The van der Waals surface area contributed by atoms with Crippen LogP contribution in [0.4, 0.5) is 0 Å². The number of nitrogens with one attached hydrogen (secondary N) is 2. The molecule has 0 spiro atoms. The van der Waals surface area contributed by atoms with Gasteiger partial charge in [-0.2, -0.15) is 0 Å². The molecule has 2 aromatic heterocycles. The van der Waals surface area contributed by atoms with Crippen LogP contribution in [0.3, 0.4) is 0 Å². The van der Waals surface area contributed by atoms with Gasteiger partial charge < -0.3 is 15.0 Å². The molecular weight excluding hydrogens is 400 g/mol. The van der Waals surface area contributed by atoms with Crippen LogP contribution in [-0.4, -0.2) is 35.8 Å². The maximum Gasteiger partial charge on any atom is 0.325 e. The number of ketones is 1. The number of esters is 1. The summed E-state index contributed by atoms with van der Waals surface area (Å²) in [5.41, 5.74) is 2.86. The smallest absolute Gasteiger partial charge is 0.325 e. The van der Waals surface area contributed by atoms with Crippen LogP contribution in [0.1, 0.15) is 20.0 Å². The number of ether oxygens (including phenoxy) is 1. The minimum atomic E-state index is -0.672. The molecule has 0 atom stereocenters. The molecule has 0 aliphatic carbocycles. The highest BCUT2D eigenvalue weighted by atomic mass is 32.1. The van der Waals surface area contributed by atoms with Gasteiger partial charge in [0, 0.05) is 10.9 Å². The van der Waals surface area contributed by atoms with Gasteiger partial charge in [0.05, 0.1) is 16.1 Å². The van der Waals surface area contributed by atoms with Crippen molar-refractivity contribution in [3.63, 3.8) is 0 Å². The zero-order chi connectivity index (χ0) is 20.9. The summed E-state index contributed by atoms with van der Waals surface area (Å²) in [6, 6.07) is 20.4. The van der Waals surface area contributed by atoms with Gasteiger partial charge in [0.15, 0.2) is 6.61 Å². The second-order valence-corrected chi connectivity index (χ2v) is 7.48. The van der Waals surface area contributed by atoms with Crippen LogP contribution in [0.25, 0.3) is 22.2 Å². The summed E-state index contributed by atoms with van der Waals surface area (Å²) < 4.78 is 5.12. The van der Waals surface area contributed by atoms with Gasteiger partial charge in [-0.25, -0.2) is 0 Å². The van der Waals surface area contributed by atoms with E-state index in [0.29, 0.717) is 16.1 Å². The molecule has 0 saturated carbocycles. The summed E-state index contributed by atoms with van der Waals surface area (Å²) in [6.45, 7) is -0.709. The van der Waals surface area contributed by atoms with Gasteiger partial charge >= 0.3 is 5.97 Å². The van der Waals surface area contributed by atoms with Gasteiger partial charge in [0.25, 0.3) is 5.91 Å². The molecule has 4 rings (SSSR count). The number of rotatable bonds is 7. The zero-order valence-electron chi connectivity index (χ0n) is 15.9. The second kappa shape index (κ2) is 8.75. The van der Waals surface area contributed by atoms with Crippen molar-refractivity contribution in [2.75, 3.05) is 13.2 Å². The second-order valence-electron chi connectivity index (χ2n) is 6.53. The van der Waals surface area contributed by atoms with E-state index in [9.17, 15) is 14.4 Å². The van der Waals surface area contributed by atoms with Crippen molar-refractivity contribution in [2.24, 2.45) is 0 Å². The van der Waals surface area contributed by atoms with Gasteiger partial charge in [0.1, 0.15) is 6.54 Å². The number of H-pyrrole nitrogens is 1. The van der Waals surface area contributed by atoms with Gasteiger partial charge in [-0.3, -0.25) is 14.4 Å². The van der Waals surface area contributed by atoms with Crippen LogP contribution >= 0.6 is 11.3 Å². The summed E-state index contributed by atoms with van der Waals surface area (Å²) in [7, 11) is 0. The molecule has 6 nitrogen and oxygen atoms in total. The minimum absolute atomic E-state index is 0.302. The van der Waals surface area contributed by atoms with Crippen molar-refractivity contribution < 1.29 is 19.1 Å². The van der Waals surface area contributed by atoms with Gasteiger partial charge in [-0.15, -0.1) is 11.3 Å². The largest absolute Gasteiger partial charge is 0.456 e. The SMILES string of the molecule is O=C(CNC(=O)c1cccs1)OCC(=O)c1c(-c2ccccc2)[nH]c2ccccc12. The topological polar surface area (TPSA) is 88.3 Å². The summed E-state index contributed by atoms with van der Waals surface area (Å²) in [6.07, 6.45) is 0. The zero-order valence-corrected chi connectivity index (χ0v) is 16.7. The molecule has 2 heterocycles. The van der Waals surface area contributed by atoms with Gasteiger partial charge in [-0.1, -0.05) is 54.6 Å². The maximum atomic E-state index is 13.0. The third kappa shape index (κ3) is 4.16. The number of hydrogen-bond acceptors (Lipinski definition) is 5. The number of aromatic amines is 1. The van der Waals surface area contributed by atoms with E-state index in [-0.39, 0.29) is 18.2 Å². The molecule has 0 unspecified atom stereocenters. The standard InChI is InChI=1S/C23H18N2O4S/c26-18(14-29-20(27)13-24-23(28)19-11-6-12-30-19)21-16-9-4-5-10-17(16)25-22(21)15-7-2-1-3-8-15/h1-12,25H,13-14H2,(H,24,28). The summed E-state index contributed by atoms with van der Waals surface area (Å²) in [5.74, 6) is -1.34. The van der Waals surface area contributed by atoms with E-state index in [1.54, 1.807) is 17.5 Å². The Morgan fingerprint density at radius 3 is 2.47 bits per heavy atom. The van der Waals surface area contributed by atoms with E-state index < -0.39 is 12.6 Å². The summed E-state index contributed by atoms with van der Waals surface area (Å²) in [4.78, 5) is 40.7. The highest BCUT2D eigenvalue weighted by Crippen LogP contribution is 2.30. The average Bonchev–Trinajstić information content (AvgIpc) is 3.44. The highest BCUT2D eigenvalue weighted by molar-refractivity contribution is 7.12. The Morgan fingerprint density at radius 1 is 0.933 bits per heavy atom. The van der Waals surface area contributed by atoms with E-state index >= 15 is 0 Å². The first kappa shape index (κ1) is 19.6. The molecule has 0 fully saturated rings. The fourth-order valence-electron chi connectivity index (χ4n) is 3.17. The quantitative estimate of drug-likeness (QED) is 0.350. The molecule has 0 aliphatic rings. The van der Waals surface area contributed by atoms with E-state index in [0.717, 1.165) is 16.5 Å². The molecule has 30 heavy (non-hydrogen) atoms. The fraction of sp³-hybridized carbons (Fsp3) is 0.0870. The van der Waals surface area contributed by atoms with Crippen molar-refractivity contribution in [1.82, 2.24) is 10.3 Å². The number of thiophene rings is 1. The predicted molar refractivity (Wildman–Crippen MR) is 116 cm³/mol. The Kier molecular flexibility index (Phi) is 5.72. The number of hydrogen-bond donors (Lipinski definition) is 2. The Labute approximate surface area is 176 Å². The molecule has 150 valence electrons. The van der Waals surface area contributed by atoms with Crippen molar-refractivity contribution in [3.05, 3.63) is 82.6 Å². The Hall–Kier alpha value is -3.71. The number of carbonyl (C=O) groups excluding carboxylic acids is 3. The number of carbonyl (C=O) groups is 3. The lowest BCUT2D eigenvalue weighted by atomic mass is 10.0. The number of benzene rings is 2. The van der Waals surface area contributed by atoms with Crippen molar-refractivity contribution in [3.8, 4) is 11.3 Å². The molecule has 2 aromatic carbocycles. The normalized spacial score (nSPS) is 10.7. The molecule has 2 N–H and O–H groups in total. The van der Waals surface area contributed by atoms with Crippen LogP contribution in [0.2, 0.25) is 0 Å². The van der Waals surface area contributed by atoms with Crippen molar-refractivity contribution >= 4 is 39.9 Å². The lowest BCUT2D eigenvalue weighted by Gasteiger charge is -2.07. The lowest BCUT2D eigenvalue weighted by Crippen LogP contribution is -2.31. The van der Waals surface area contributed by atoms with Gasteiger partial charge in [-0.05, 0) is 23.1 Å². The Bertz CT molecular complexity index is 1200. The average molecular weight is 418 g/mol. The molecule has 7 heteroatoms. The molecule has 0 aliphatic heterocycles. The monoisotopic (exact) mass is 418 g/mol. The van der Waals surface area contributed by atoms with Crippen LogP contribution in [0.15, 0.2) is 72.1 Å². The van der Waals surface area contributed by atoms with Crippen molar-refractivity contribution in [2.45, 2.75) is 0 Å². The molecule has 1 amide bonds. The number of para-hydroxylation sites is 1. The first-order valence-electron chi connectivity index (χ1n) is 9.30. The number of Topliss-reactive ketones (excluding diaryl/α,β-unsaturated/α-hetero) is 1. The first-order chi connectivity index (χ1) is 14.6. The van der Waals surface area contributed by atoms with E-state index in [2.05, 4.69) is 10.3 Å². The van der Waals surface area contributed by atoms with Gasteiger partial charge in [0.2, 0.25) is 5.78 Å². The third-order valence-electron chi connectivity index (χ3n) is 4.55. The molecule has 4 aromatic rings. The molecular formula is C23H18N2O4S. The van der Waals surface area contributed by atoms with E-state index in [1.807, 2.05) is 54.6 Å². The first-order valence-corrected chi connectivity index (χ1v) is 10.2. The fourth-order valence-corrected chi connectivity index (χ4v) is 3.81. The molecule has 0 saturated heterocycles. The third-order valence-corrected chi connectivity index (χ3v) is 5.42. The number of fused-ring (bicyclic) bond motifs is 1. The van der Waals surface area contributed by atoms with Crippen molar-refractivity contribution in [1.29, 1.82) is 0 Å². The number of aromatic nitrogens is 1. The van der Waals surface area contributed by atoms with Crippen LogP contribution in [0.5, 0.6) is 0 Å². The number of amides is 1. The minimum Gasteiger partial charge on any atom is -0.456 e. The Morgan fingerprint density at radius 2 is 1.70 bits per heavy atom. The van der Waals surface area contributed by atoms with E-state index in [4.69, 9.17) is 4.74 Å². The molecule has 0 bridgehead atoms. The summed E-state index contributed by atoms with van der Waals surface area (Å²) in [5, 5.41) is 5.03. The lowest BCUT2D eigenvalue weighted by molar-refractivity contribution is -0.141. The Balaban J connectivity index is 1.47. The maximum absolute atomic E-state index is 13.0. The van der Waals surface area contributed by atoms with Crippen LogP contribution in [-0.2, 0) is 9.53 Å². The predicted octanol–water partition coefficient (Wildman–Crippen LogP) is 4.05. The highest BCUT2D eigenvalue weighted by Gasteiger charge is 2.21. The van der Waals surface area contributed by atoms with Crippen LogP contribution < -0.4 is 5.32 Å². The molecule has 0 radical (unpaired) electrons.